The minimum absolute atomic E-state index is 0.268. The zero-order chi connectivity index (χ0) is 17.4. The highest BCUT2D eigenvalue weighted by Crippen LogP contribution is 2.41. The second-order valence-corrected chi connectivity index (χ2v) is 6.66. The normalized spacial score (nSPS) is 14.0. The number of hydrogen-bond acceptors (Lipinski definition) is 4. The molecular formula is C20H22N4O. The van der Waals surface area contributed by atoms with Gasteiger partial charge in [0.1, 0.15) is 5.82 Å². The van der Waals surface area contributed by atoms with Crippen molar-refractivity contribution in [1.29, 1.82) is 0 Å². The summed E-state index contributed by atoms with van der Waals surface area (Å²) in [7, 11) is 0. The molecule has 1 fully saturated rings. The molecule has 0 radical (unpaired) electrons. The van der Waals surface area contributed by atoms with Gasteiger partial charge in [0.25, 0.3) is 0 Å². The van der Waals surface area contributed by atoms with Gasteiger partial charge in [0.05, 0.1) is 16.9 Å². The number of benzene rings is 1. The van der Waals surface area contributed by atoms with E-state index in [1.807, 2.05) is 19.1 Å². The Morgan fingerprint density at radius 1 is 1.28 bits per heavy atom. The molecule has 5 nitrogen and oxygen atoms in total. The Morgan fingerprint density at radius 2 is 2.12 bits per heavy atom. The largest absolute Gasteiger partial charge is 0.369 e. The Bertz CT molecular complexity index is 989. The third kappa shape index (κ3) is 2.90. The molecule has 0 aliphatic heterocycles. The molecule has 0 amide bonds. The van der Waals surface area contributed by atoms with E-state index in [0.717, 1.165) is 35.2 Å². The van der Waals surface area contributed by atoms with E-state index in [0.29, 0.717) is 11.7 Å². The lowest BCUT2D eigenvalue weighted by atomic mass is 10.1. The molecule has 4 rings (SSSR count). The van der Waals surface area contributed by atoms with Crippen molar-refractivity contribution >= 4 is 16.7 Å². The molecule has 1 saturated carbocycles. The van der Waals surface area contributed by atoms with Crippen molar-refractivity contribution in [3.8, 4) is 5.69 Å². The average molecular weight is 334 g/mol. The van der Waals surface area contributed by atoms with Gasteiger partial charge in [-0.15, -0.1) is 0 Å². The maximum Gasteiger partial charge on any atom is 0.354 e. The minimum atomic E-state index is -0.268. The van der Waals surface area contributed by atoms with Crippen LogP contribution >= 0.6 is 0 Å². The van der Waals surface area contributed by atoms with Crippen LogP contribution in [0.25, 0.3) is 16.6 Å². The van der Waals surface area contributed by atoms with E-state index < -0.39 is 0 Å². The molecule has 1 aromatic carbocycles. The van der Waals surface area contributed by atoms with E-state index >= 15 is 0 Å². The summed E-state index contributed by atoms with van der Waals surface area (Å²) in [6.45, 7) is 4.81. The quantitative estimate of drug-likeness (QED) is 0.771. The maximum absolute atomic E-state index is 12.9. The lowest BCUT2D eigenvalue weighted by Crippen LogP contribution is -2.24. The number of nitrogens with one attached hydrogen (secondary N) is 1. The number of aromatic nitrogens is 3. The molecule has 3 aromatic rings. The Balaban J connectivity index is 2.00. The molecule has 128 valence electrons. The Labute approximate surface area is 146 Å². The van der Waals surface area contributed by atoms with Crippen LogP contribution in [0.2, 0.25) is 0 Å². The number of aryl methyl sites for hydroxylation is 1. The van der Waals surface area contributed by atoms with Crippen LogP contribution < -0.4 is 11.0 Å². The molecule has 0 spiro atoms. The monoisotopic (exact) mass is 334 g/mol. The number of hydrogen-bond donors (Lipinski definition) is 1. The standard InChI is InChI=1S/C20H22N4O/c1-3-10-22-19-16-9-8-15(14-6-7-14)12-18(16)24(20(25)23-19)17-5-4-11-21-13(17)2/h4-5,8-9,11-12,14H,3,6-7,10H2,1-2H3,(H,22,23,25). The van der Waals surface area contributed by atoms with Crippen molar-refractivity contribution in [2.45, 2.75) is 39.0 Å². The Morgan fingerprint density at radius 3 is 2.84 bits per heavy atom. The number of rotatable bonds is 5. The number of anilines is 1. The van der Waals surface area contributed by atoms with E-state index in [4.69, 9.17) is 0 Å². The van der Waals surface area contributed by atoms with Crippen molar-refractivity contribution in [2.24, 2.45) is 0 Å². The van der Waals surface area contributed by atoms with Crippen LogP contribution in [-0.2, 0) is 0 Å². The highest BCUT2D eigenvalue weighted by Gasteiger charge is 2.24. The first kappa shape index (κ1) is 15.8. The molecule has 25 heavy (non-hydrogen) atoms. The number of fused-ring (bicyclic) bond motifs is 1. The molecule has 0 unspecified atom stereocenters. The van der Waals surface area contributed by atoms with E-state index in [9.17, 15) is 4.79 Å². The van der Waals surface area contributed by atoms with Crippen LogP contribution in [-0.4, -0.2) is 21.1 Å². The van der Waals surface area contributed by atoms with E-state index in [-0.39, 0.29) is 5.69 Å². The predicted molar refractivity (Wildman–Crippen MR) is 101 cm³/mol. The molecule has 0 atom stereocenters. The first-order chi connectivity index (χ1) is 12.2. The van der Waals surface area contributed by atoms with E-state index in [1.54, 1.807) is 10.8 Å². The number of pyridine rings is 1. The molecule has 0 saturated heterocycles. The van der Waals surface area contributed by atoms with Crippen LogP contribution in [0.4, 0.5) is 5.82 Å². The zero-order valence-corrected chi connectivity index (χ0v) is 14.6. The summed E-state index contributed by atoms with van der Waals surface area (Å²) >= 11 is 0. The molecule has 0 bridgehead atoms. The molecule has 5 heteroatoms. The minimum Gasteiger partial charge on any atom is -0.369 e. The molecule has 1 N–H and O–H groups in total. The molecule has 2 heterocycles. The summed E-state index contributed by atoms with van der Waals surface area (Å²) < 4.78 is 1.70. The summed E-state index contributed by atoms with van der Waals surface area (Å²) in [5, 5.41) is 4.27. The van der Waals surface area contributed by atoms with Crippen LogP contribution in [0, 0.1) is 6.92 Å². The van der Waals surface area contributed by atoms with Gasteiger partial charge in [-0.3, -0.25) is 9.55 Å². The van der Waals surface area contributed by atoms with Gasteiger partial charge in [-0.1, -0.05) is 13.0 Å². The zero-order valence-electron chi connectivity index (χ0n) is 14.6. The summed E-state index contributed by atoms with van der Waals surface area (Å²) in [4.78, 5) is 21.5. The first-order valence-electron chi connectivity index (χ1n) is 8.91. The first-order valence-corrected chi connectivity index (χ1v) is 8.91. The van der Waals surface area contributed by atoms with Crippen molar-refractivity contribution in [2.75, 3.05) is 11.9 Å². The Kier molecular flexibility index (Phi) is 3.99. The lowest BCUT2D eigenvalue weighted by Gasteiger charge is -2.15. The molecule has 2 aromatic heterocycles. The van der Waals surface area contributed by atoms with E-state index in [1.165, 1.54) is 18.4 Å². The SMILES string of the molecule is CCCNc1nc(=O)n(-c2cccnc2C)c2cc(C3CC3)ccc12. The fraction of sp³-hybridized carbons (Fsp3) is 0.350. The number of nitrogens with zero attached hydrogens (tertiary/aromatic N) is 3. The van der Waals surface area contributed by atoms with Gasteiger partial charge in [0, 0.05) is 18.1 Å². The highest BCUT2D eigenvalue weighted by molar-refractivity contribution is 5.91. The second kappa shape index (κ2) is 6.31. The van der Waals surface area contributed by atoms with Crippen molar-refractivity contribution in [3.63, 3.8) is 0 Å². The fourth-order valence-electron chi connectivity index (χ4n) is 3.24. The van der Waals surface area contributed by atoms with Gasteiger partial charge in [-0.05, 0) is 61.9 Å². The summed E-state index contributed by atoms with van der Waals surface area (Å²) in [6.07, 6.45) is 5.18. The predicted octanol–water partition coefficient (Wildman–Crippen LogP) is 3.79. The van der Waals surface area contributed by atoms with Crippen molar-refractivity contribution < 1.29 is 0 Å². The van der Waals surface area contributed by atoms with E-state index in [2.05, 4.69) is 40.4 Å². The summed E-state index contributed by atoms with van der Waals surface area (Å²) in [5.74, 6) is 1.30. The summed E-state index contributed by atoms with van der Waals surface area (Å²) in [6, 6.07) is 10.2. The molecular weight excluding hydrogens is 312 g/mol. The van der Waals surface area contributed by atoms with Crippen molar-refractivity contribution in [1.82, 2.24) is 14.5 Å². The maximum atomic E-state index is 12.9. The smallest absolute Gasteiger partial charge is 0.354 e. The van der Waals surface area contributed by atoms with Gasteiger partial charge in [-0.2, -0.15) is 4.98 Å². The van der Waals surface area contributed by atoms with Gasteiger partial charge in [0.15, 0.2) is 0 Å². The average Bonchev–Trinajstić information content (AvgIpc) is 3.45. The van der Waals surface area contributed by atoms with Crippen molar-refractivity contribution in [3.05, 3.63) is 58.3 Å². The van der Waals surface area contributed by atoms with Crippen LogP contribution in [0.15, 0.2) is 41.3 Å². The van der Waals surface area contributed by atoms with Crippen LogP contribution in [0.5, 0.6) is 0 Å². The summed E-state index contributed by atoms with van der Waals surface area (Å²) in [5.41, 5.74) is 3.54. The molecule has 1 aliphatic carbocycles. The third-order valence-corrected chi connectivity index (χ3v) is 4.73. The van der Waals surface area contributed by atoms with Gasteiger partial charge < -0.3 is 5.32 Å². The van der Waals surface area contributed by atoms with Gasteiger partial charge in [0.2, 0.25) is 0 Å². The van der Waals surface area contributed by atoms with Crippen LogP contribution in [0.3, 0.4) is 0 Å². The topological polar surface area (TPSA) is 59.8 Å². The molecule has 1 aliphatic rings. The lowest BCUT2D eigenvalue weighted by molar-refractivity contribution is 0.917. The third-order valence-electron chi connectivity index (χ3n) is 4.73. The fourth-order valence-corrected chi connectivity index (χ4v) is 3.24. The van der Waals surface area contributed by atoms with Gasteiger partial charge >= 0.3 is 5.69 Å². The van der Waals surface area contributed by atoms with Crippen LogP contribution in [0.1, 0.15) is 43.4 Å². The second-order valence-electron chi connectivity index (χ2n) is 6.66. The van der Waals surface area contributed by atoms with Gasteiger partial charge in [-0.25, -0.2) is 4.79 Å². The highest BCUT2D eigenvalue weighted by atomic mass is 16.1. The Hall–Kier alpha value is -2.69.